The quantitative estimate of drug-likeness (QED) is 0.877. The van der Waals surface area contributed by atoms with E-state index in [1.54, 1.807) is 18.2 Å². The minimum absolute atomic E-state index is 0.129. The zero-order chi connectivity index (χ0) is 15.0. The standard InChI is InChI=1S/C16H15NO3S/c1-17-16(18)15-14-9-5-4-8-13(14)12-7-3-2-6-11(12)10-21(15,19)20/h2-9,15H,10H2,1H3,(H,17,18). The van der Waals surface area contributed by atoms with Crippen molar-refractivity contribution < 1.29 is 13.2 Å². The zero-order valence-corrected chi connectivity index (χ0v) is 12.4. The van der Waals surface area contributed by atoms with E-state index in [1.165, 1.54) is 7.05 Å². The van der Waals surface area contributed by atoms with E-state index in [9.17, 15) is 13.2 Å². The van der Waals surface area contributed by atoms with Gasteiger partial charge in [0.15, 0.2) is 15.1 Å². The fraction of sp³-hybridized carbons (Fsp3) is 0.188. The van der Waals surface area contributed by atoms with E-state index < -0.39 is 21.0 Å². The number of hydrogen-bond donors (Lipinski definition) is 1. The van der Waals surface area contributed by atoms with Gasteiger partial charge in [-0.25, -0.2) is 8.42 Å². The number of hydrogen-bond acceptors (Lipinski definition) is 3. The van der Waals surface area contributed by atoms with E-state index in [1.807, 2.05) is 30.3 Å². The summed E-state index contributed by atoms with van der Waals surface area (Å²) >= 11 is 0. The van der Waals surface area contributed by atoms with Gasteiger partial charge in [0.2, 0.25) is 5.91 Å². The third-order valence-electron chi connectivity index (χ3n) is 3.75. The largest absolute Gasteiger partial charge is 0.358 e. The number of likely N-dealkylation sites (N-methyl/N-ethyl adjacent to an activating group) is 1. The summed E-state index contributed by atoms with van der Waals surface area (Å²) in [4.78, 5) is 12.2. The summed E-state index contributed by atoms with van der Waals surface area (Å²) in [5.74, 6) is -0.620. The van der Waals surface area contributed by atoms with Gasteiger partial charge in [0, 0.05) is 7.05 Å². The van der Waals surface area contributed by atoms with Crippen LogP contribution in [-0.2, 0) is 20.4 Å². The lowest BCUT2D eigenvalue weighted by atomic mass is 9.94. The Bertz CT molecular complexity index is 812. The van der Waals surface area contributed by atoms with Crippen LogP contribution in [0, 0.1) is 0 Å². The van der Waals surface area contributed by atoms with Crippen molar-refractivity contribution in [3.63, 3.8) is 0 Å². The summed E-state index contributed by atoms with van der Waals surface area (Å²) in [6.45, 7) is 0. The Kier molecular flexibility index (Phi) is 3.29. The first-order valence-corrected chi connectivity index (χ1v) is 8.36. The van der Waals surface area contributed by atoms with Crippen LogP contribution in [0.5, 0.6) is 0 Å². The summed E-state index contributed by atoms with van der Waals surface area (Å²) in [5, 5.41) is 1.31. The van der Waals surface area contributed by atoms with Gasteiger partial charge in [-0.15, -0.1) is 0 Å². The van der Waals surface area contributed by atoms with Gasteiger partial charge in [0.05, 0.1) is 5.75 Å². The van der Waals surface area contributed by atoms with Crippen LogP contribution in [0.3, 0.4) is 0 Å². The number of nitrogens with one attached hydrogen (secondary N) is 1. The second kappa shape index (κ2) is 5.00. The lowest BCUT2D eigenvalue weighted by Gasteiger charge is -2.16. The van der Waals surface area contributed by atoms with Gasteiger partial charge in [0.1, 0.15) is 0 Å². The Morgan fingerprint density at radius 1 is 1.05 bits per heavy atom. The average molecular weight is 301 g/mol. The van der Waals surface area contributed by atoms with Crippen LogP contribution in [0.15, 0.2) is 48.5 Å². The van der Waals surface area contributed by atoms with Crippen LogP contribution in [0.4, 0.5) is 0 Å². The molecule has 2 aromatic carbocycles. The van der Waals surface area contributed by atoms with Gasteiger partial charge in [-0.2, -0.15) is 0 Å². The Morgan fingerprint density at radius 2 is 1.67 bits per heavy atom. The smallest absolute Gasteiger partial charge is 0.242 e. The molecule has 0 aromatic heterocycles. The number of carbonyl (C=O) groups excluding carboxylic acids is 1. The highest BCUT2D eigenvalue weighted by Crippen LogP contribution is 2.39. The third kappa shape index (κ3) is 2.23. The van der Waals surface area contributed by atoms with Crippen molar-refractivity contribution in [1.29, 1.82) is 0 Å². The van der Waals surface area contributed by atoms with E-state index in [0.717, 1.165) is 16.7 Å². The average Bonchev–Trinajstić information content (AvgIpc) is 2.57. The number of rotatable bonds is 1. The predicted octanol–water partition coefficient (Wildman–Crippen LogP) is 2.07. The van der Waals surface area contributed by atoms with E-state index in [-0.39, 0.29) is 5.75 Å². The molecule has 1 atom stereocenters. The van der Waals surface area contributed by atoms with Gasteiger partial charge in [0.25, 0.3) is 0 Å². The normalized spacial score (nSPS) is 19.0. The lowest BCUT2D eigenvalue weighted by Crippen LogP contribution is -2.31. The molecule has 0 aliphatic carbocycles. The van der Waals surface area contributed by atoms with Crippen LogP contribution in [0.1, 0.15) is 16.4 Å². The molecule has 0 fully saturated rings. The van der Waals surface area contributed by atoms with Crippen LogP contribution in [0.25, 0.3) is 11.1 Å². The Labute approximate surface area is 123 Å². The number of benzene rings is 2. The maximum atomic E-state index is 12.7. The summed E-state index contributed by atoms with van der Waals surface area (Å²) in [5.41, 5.74) is 2.96. The highest BCUT2D eigenvalue weighted by atomic mass is 32.2. The van der Waals surface area contributed by atoms with Crippen molar-refractivity contribution in [3.8, 4) is 11.1 Å². The maximum absolute atomic E-state index is 12.7. The zero-order valence-electron chi connectivity index (χ0n) is 11.5. The molecule has 2 aromatic rings. The Balaban J connectivity index is 2.36. The van der Waals surface area contributed by atoms with Crippen molar-refractivity contribution in [2.45, 2.75) is 11.0 Å². The molecule has 3 rings (SSSR count). The minimum Gasteiger partial charge on any atom is -0.358 e. The molecule has 1 unspecified atom stereocenters. The molecule has 0 radical (unpaired) electrons. The summed E-state index contributed by atoms with van der Waals surface area (Å²) in [6, 6.07) is 14.6. The summed E-state index contributed by atoms with van der Waals surface area (Å²) in [7, 11) is -2.15. The number of carbonyl (C=O) groups is 1. The van der Waals surface area contributed by atoms with Gasteiger partial charge >= 0.3 is 0 Å². The second-order valence-electron chi connectivity index (χ2n) is 5.05. The molecule has 21 heavy (non-hydrogen) atoms. The van der Waals surface area contributed by atoms with E-state index in [4.69, 9.17) is 0 Å². The Morgan fingerprint density at radius 3 is 2.38 bits per heavy atom. The third-order valence-corrected chi connectivity index (χ3v) is 5.65. The molecule has 1 aliphatic heterocycles. The fourth-order valence-corrected chi connectivity index (χ4v) is 4.70. The Hall–Kier alpha value is -2.14. The SMILES string of the molecule is CNC(=O)C1c2ccccc2-c2ccccc2CS1(=O)=O. The molecule has 1 amide bonds. The summed E-state index contributed by atoms with van der Waals surface area (Å²) < 4.78 is 25.3. The molecule has 108 valence electrons. The van der Waals surface area contributed by atoms with Crippen molar-refractivity contribution in [1.82, 2.24) is 5.32 Å². The molecule has 1 N–H and O–H groups in total. The monoisotopic (exact) mass is 301 g/mol. The van der Waals surface area contributed by atoms with E-state index >= 15 is 0 Å². The van der Waals surface area contributed by atoms with Crippen molar-refractivity contribution in [2.24, 2.45) is 0 Å². The van der Waals surface area contributed by atoms with Gasteiger partial charge in [-0.05, 0) is 22.3 Å². The molecule has 0 bridgehead atoms. The first-order valence-electron chi connectivity index (χ1n) is 6.65. The molecular weight excluding hydrogens is 286 g/mol. The summed E-state index contributed by atoms with van der Waals surface area (Å²) in [6.07, 6.45) is 0. The second-order valence-corrected chi connectivity index (χ2v) is 7.13. The molecule has 1 heterocycles. The van der Waals surface area contributed by atoms with Crippen molar-refractivity contribution in [2.75, 3.05) is 7.05 Å². The molecule has 5 heteroatoms. The lowest BCUT2D eigenvalue weighted by molar-refractivity contribution is -0.120. The van der Waals surface area contributed by atoms with Crippen LogP contribution in [0.2, 0.25) is 0 Å². The molecule has 0 spiro atoms. The van der Waals surface area contributed by atoms with Gasteiger partial charge in [-0.3, -0.25) is 4.79 Å². The van der Waals surface area contributed by atoms with Gasteiger partial charge < -0.3 is 5.32 Å². The molecule has 0 saturated heterocycles. The van der Waals surface area contributed by atoms with Crippen LogP contribution >= 0.6 is 0 Å². The van der Waals surface area contributed by atoms with Gasteiger partial charge in [-0.1, -0.05) is 48.5 Å². The van der Waals surface area contributed by atoms with Crippen molar-refractivity contribution >= 4 is 15.7 Å². The number of amides is 1. The van der Waals surface area contributed by atoms with Crippen LogP contribution in [-0.4, -0.2) is 21.4 Å². The first kappa shape index (κ1) is 13.8. The number of sulfone groups is 1. The fourth-order valence-electron chi connectivity index (χ4n) is 2.81. The molecule has 0 saturated carbocycles. The highest BCUT2D eigenvalue weighted by Gasteiger charge is 2.38. The topological polar surface area (TPSA) is 63.2 Å². The van der Waals surface area contributed by atoms with Crippen molar-refractivity contribution in [3.05, 3.63) is 59.7 Å². The molecule has 4 nitrogen and oxygen atoms in total. The predicted molar refractivity (Wildman–Crippen MR) is 81.3 cm³/mol. The van der Waals surface area contributed by atoms with Crippen LogP contribution < -0.4 is 5.32 Å². The maximum Gasteiger partial charge on any atom is 0.242 e. The van der Waals surface area contributed by atoms with E-state index in [2.05, 4.69) is 5.32 Å². The molecule has 1 aliphatic rings. The number of fused-ring (bicyclic) bond motifs is 3. The van der Waals surface area contributed by atoms with E-state index in [0.29, 0.717) is 5.56 Å². The first-order chi connectivity index (χ1) is 10.0. The highest BCUT2D eigenvalue weighted by molar-refractivity contribution is 7.91. The molecular formula is C16H15NO3S. The minimum atomic E-state index is -3.61.